The van der Waals surface area contributed by atoms with Crippen LogP contribution >= 0.6 is 0 Å². The predicted molar refractivity (Wildman–Crippen MR) is 91.0 cm³/mol. The average molecular weight is 478 g/mol. The van der Waals surface area contributed by atoms with Crippen molar-refractivity contribution in [1.29, 1.82) is 0 Å². The monoisotopic (exact) mass is 478 g/mol. The number of aliphatic hydroxyl groups is 3. The van der Waals surface area contributed by atoms with Gasteiger partial charge in [-0.3, -0.25) is 0 Å². The van der Waals surface area contributed by atoms with Crippen LogP contribution in [0.3, 0.4) is 0 Å². The van der Waals surface area contributed by atoms with E-state index in [4.69, 9.17) is 15.3 Å². The summed E-state index contributed by atoms with van der Waals surface area (Å²) in [6.07, 6.45) is 0. The first-order chi connectivity index (χ1) is 8.00. The van der Waals surface area contributed by atoms with Crippen LogP contribution in [0.15, 0.2) is 0 Å². The minimum absolute atomic E-state index is 0. The molecule has 0 spiro atoms. The summed E-state index contributed by atoms with van der Waals surface area (Å²) < 4.78 is 0. The summed E-state index contributed by atoms with van der Waals surface area (Å²) in [6, 6.07) is 0. The van der Waals surface area contributed by atoms with E-state index in [2.05, 4.69) is 27.7 Å². The molecule has 0 aromatic carbocycles. The molecule has 0 aromatic rings. The Labute approximate surface area is 148 Å². The van der Waals surface area contributed by atoms with E-state index < -0.39 is 16.8 Å². The molecule has 0 radical (unpaired) electrons. The molecule has 0 atom stereocenters. The van der Waals surface area contributed by atoms with Crippen LogP contribution < -0.4 is 0 Å². The zero-order valence-electron chi connectivity index (χ0n) is 16.7. The summed E-state index contributed by atoms with van der Waals surface area (Å²) in [7, 11) is 0. The van der Waals surface area contributed by atoms with Crippen LogP contribution in [-0.2, 0) is 21.1 Å². The van der Waals surface area contributed by atoms with Crippen LogP contribution in [0, 0.1) is 5.41 Å². The third kappa shape index (κ3) is 22000. The maximum absolute atomic E-state index is 8.52. The first kappa shape index (κ1) is 33.2. The fraction of sp³-hybridized carbons (Fsp3) is 1.00. The molecule has 0 aromatic heterocycles. The summed E-state index contributed by atoms with van der Waals surface area (Å²) >= 11 is 0. The molecule has 0 unspecified atom stereocenters. The zero-order chi connectivity index (χ0) is 18.0. The fourth-order valence-electron chi connectivity index (χ4n) is 0. The van der Waals surface area contributed by atoms with Gasteiger partial charge in [-0.15, -0.1) is 0 Å². The first-order valence-electron chi connectivity index (χ1n) is 7.17. The summed E-state index contributed by atoms with van der Waals surface area (Å²) in [6.45, 7) is 24.4. The molecule has 0 rings (SSSR count). The van der Waals surface area contributed by atoms with Crippen LogP contribution in [0.2, 0.25) is 0 Å². The van der Waals surface area contributed by atoms with Crippen molar-refractivity contribution in [3.8, 4) is 0 Å². The minimum Gasteiger partial charge on any atom is -0.391 e. The third-order valence-electron chi connectivity index (χ3n) is 0. The number of hydrogen-bond donors (Lipinski definition) is 3. The zero-order valence-corrected chi connectivity index (χ0v) is 19.7. The van der Waals surface area contributed by atoms with Crippen molar-refractivity contribution in [1.82, 2.24) is 0 Å². The molecule has 4 heteroatoms. The summed E-state index contributed by atoms with van der Waals surface area (Å²) in [5, 5.41) is 25.6. The van der Waals surface area contributed by atoms with Crippen LogP contribution in [0.4, 0.5) is 0 Å². The van der Waals surface area contributed by atoms with Crippen molar-refractivity contribution < 1.29 is 36.4 Å². The molecule has 3 nitrogen and oxygen atoms in total. The molecule has 0 aliphatic rings. The normalized spacial score (nSPS) is 11.4. The van der Waals surface area contributed by atoms with Crippen LogP contribution in [0.5, 0.6) is 0 Å². The quantitative estimate of drug-likeness (QED) is 0.485. The molecule has 0 aliphatic heterocycles. The summed E-state index contributed by atoms with van der Waals surface area (Å²) in [4.78, 5) is 0. The van der Waals surface area contributed by atoms with Crippen molar-refractivity contribution in [2.24, 2.45) is 5.41 Å². The smallest absolute Gasteiger partial charge is 0.0563 e. The standard InChI is InChI=1S/C5H12.3C4H10O.W/c1-5(2,3)4;3*1-4(2,3)5;/h1-4H3;3*5H,1-3H3;. The molecule has 0 aliphatic carbocycles. The average Bonchev–Trinajstić information content (AvgIpc) is 1.62. The second-order valence-electron chi connectivity index (χ2n) is 9.51. The summed E-state index contributed by atoms with van der Waals surface area (Å²) in [5.41, 5.74) is -1.00. The van der Waals surface area contributed by atoms with E-state index in [0.29, 0.717) is 5.41 Å². The molecule has 0 bridgehead atoms. The van der Waals surface area contributed by atoms with Crippen molar-refractivity contribution >= 4 is 0 Å². The Hall–Kier alpha value is 0.568. The number of rotatable bonds is 0. The van der Waals surface area contributed by atoms with Crippen LogP contribution in [0.1, 0.15) is 90.0 Å². The molecule has 134 valence electrons. The van der Waals surface area contributed by atoms with E-state index in [1.54, 1.807) is 62.3 Å². The Morgan fingerprint density at radius 3 is 0.381 bits per heavy atom. The van der Waals surface area contributed by atoms with E-state index in [1.165, 1.54) is 0 Å². The van der Waals surface area contributed by atoms with Gasteiger partial charge in [-0.1, -0.05) is 27.7 Å². The van der Waals surface area contributed by atoms with Gasteiger partial charge in [0.1, 0.15) is 0 Å². The third-order valence-corrected chi connectivity index (χ3v) is 0. The maximum Gasteiger partial charge on any atom is 0.0563 e. The van der Waals surface area contributed by atoms with E-state index in [1.807, 2.05) is 0 Å². The Bertz CT molecular complexity index is 128. The van der Waals surface area contributed by atoms with E-state index in [-0.39, 0.29) is 21.1 Å². The largest absolute Gasteiger partial charge is 0.391 e. The van der Waals surface area contributed by atoms with Crippen molar-refractivity contribution in [3.05, 3.63) is 0 Å². The Morgan fingerprint density at radius 1 is 0.381 bits per heavy atom. The fourth-order valence-corrected chi connectivity index (χ4v) is 0. The molecule has 0 fully saturated rings. The molecular weight excluding hydrogens is 436 g/mol. The van der Waals surface area contributed by atoms with Gasteiger partial charge in [-0.2, -0.15) is 0 Å². The van der Waals surface area contributed by atoms with Gasteiger partial charge in [0, 0.05) is 21.1 Å². The predicted octanol–water partition coefficient (Wildman–Crippen LogP) is 4.38. The Balaban J connectivity index is -0.0000000533. The second-order valence-corrected chi connectivity index (χ2v) is 9.51. The van der Waals surface area contributed by atoms with E-state index in [9.17, 15) is 0 Å². The van der Waals surface area contributed by atoms with Gasteiger partial charge >= 0.3 is 0 Å². The minimum atomic E-state index is -0.500. The SMILES string of the molecule is CC(C)(C)C.CC(C)(C)O.CC(C)(C)O.CC(C)(C)O.[W]. The van der Waals surface area contributed by atoms with Crippen molar-refractivity contribution in [3.63, 3.8) is 0 Å². The van der Waals surface area contributed by atoms with E-state index >= 15 is 0 Å². The van der Waals surface area contributed by atoms with Crippen molar-refractivity contribution in [2.45, 2.75) is 107 Å². The molecular formula is C17H42O3W. The first-order valence-corrected chi connectivity index (χ1v) is 7.17. The van der Waals surface area contributed by atoms with E-state index in [0.717, 1.165) is 0 Å². The van der Waals surface area contributed by atoms with Gasteiger partial charge < -0.3 is 15.3 Å². The molecule has 3 N–H and O–H groups in total. The number of hydrogen-bond acceptors (Lipinski definition) is 3. The Kier molecular flexibility index (Phi) is 20.7. The topological polar surface area (TPSA) is 60.7 Å². The van der Waals surface area contributed by atoms with Gasteiger partial charge in [0.15, 0.2) is 0 Å². The summed E-state index contributed by atoms with van der Waals surface area (Å²) in [5.74, 6) is 0. The second kappa shape index (κ2) is 13.0. The van der Waals surface area contributed by atoms with Gasteiger partial charge in [0.25, 0.3) is 0 Å². The van der Waals surface area contributed by atoms with Crippen LogP contribution in [-0.4, -0.2) is 32.1 Å². The molecule has 0 saturated heterocycles. The molecule has 0 saturated carbocycles. The van der Waals surface area contributed by atoms with Gasteiger partial charge in [0.2, 0.25) is 0 Å². The molecule has 0 heterocycles. The van der Waals surface area contributed by atoms with Gasteiger partial charge in [-0.05, 0) is 67.7 Å². The van der Waals surface area contributed by atoms with Gasteiger partial charge in [-0.25, -0.2) is 0 Å². The Morgan fingerprint density at radius 2 is 0.381 bits per heavy atom. The maximum atomic E-state index is 8.52. The molecule has 21 heavy (non-hydrogen) atoms. The van der Waals surface area contributed by atoms with Gasteiger partial charge in [0.05, 0.1) is 16.8 Å². The molecule has 0 amide bonds. The van der Waals surface area contributed by atoms with Crippen LogP contribution in [0.25, 0.3) is 0 Å². The van der Waals surface area contributed by atoms with Crippen molar-refractivity contribution in [2.75, 3.05) is 0 Å².